The Morgan fingerprint density at radius 1 is 1.19 bits per heavy atom. The number of aromatic nitrogens is 1. The topological polar surface area (TPSA) is 42.4 Å². The van der Waals surface area contributed by atoms with Crippen LogP contribution in [-0.2, 0) is 12.0 Å². The van der Waals surface area contributed by atoms with Crippen molar-refractivity contribution >= 4 is 11.6 Å². The molecule has 0 radical (unpaired) electrons. The highest BCUT2D eigenvalue weighted by Gasteiger charge is 2.20. The van der Waals surface area contributed by atoms with Crippen LogP contribution in [0.4, 0.5) is 0 Å². The van der Waals surface area contributed by atoms with Crippen molar-refractivity contribution in [3.05, 3.63) is 52.2 Å². The fraction of sp³-hybridized carbons (Fsp3) is 0.353. The van der Waals surface area contributed by atoms with Gasteiger partial charge in [0.15, 0.2) is 0 Å². The SMILES string of the molecule is Cc1ccc(Oc2ccc(Cl)c(CO)n2)c(C(C)(C)C)c1. The normalized spacial score (nSPS) is 11.5. The Kier molecular flexibility index (Phi) is 4.55. The molecule has 3 nitrogen and oxygen atoms in total. The number of pyridine rings is 1. The summed E-state index contributed by atoms with van der Waals surface area (Å²) in [6.45, 7) is 8.27. The highest BCUT2D eigenvalue weighted by atomic mass is 35.5. The molecule has 0 fully saturated rings. The molecule has 1 aromatic heterocycles. The van der Waals surface area contributed by atoms with E-state index in [2.05, 4.69) is 38.7 Å². The monoisotopic (exact) mass is 305 g/mol. The summed E-state index contributed by atoms with van der Waals surface area (Å²) in [7, 11) is 0. The number of aliphatic hydroxyl groups is 1. The number of aliphatic hydroxyl groups excluding tert-OH is 1. The van der Waals surface area contributed by atoms with Gasteiger partial charge in [0.05, 0.1) is 17.3 Å². The van der Waals surface area contributed by atoms with Crippen LogP contribution < -0.4 is 4.74 Å². The maximum atomic E-state index is 9.23. The second-order valence-corrected chi connectivity index (χ2v) is 6.49. The average Bonchev–Trinajstić information content (AvgIpc) is 2.41. The van der Waals surface area contributed by atoms with Gasteiger partial charge in [-0.15, -0.1) is 0 Å². The molecular formula is C17H20ClNO2. The van der Waals surface area contributed by atoms with E-state index in [1.807, 2.05) is 12.1 Å². The van der Waals surface area contributed by atoms with Crippen LogP contribution in [0.1, 0.15) is 37.6 Å². The van der Waals surface area contributed by atoms with Gasteiger partial charge in [-0.2, -0.15) is 0 Å². The van der Waals surface area contributed by atoms with Crippen LogP contribution in [0.3, 0.4) is 0 Å². The fourth-order valence-corrected chi connectivity index (χ4v) is 2.23. The Morgan fingerprint density at radius 2 is 1.90 bits per heavy atom. The van der Waals surface area contributed by atoms with Gasteiger partial charge >= 0.3 is 0 Å². The van der Waals surface area contributed by atoms with Gasteiger partial charge in [0, 0.05) is 11.6 Å². The summed E-state index contributed by atoms with van der Waals surface area (Å²) < 4.78 is 5.91. The zero-order valence-corrected chi connectivity index (χ0v) is 13.5. The van der Waals surface area contributed by atoms with Crippen molar-refractivity contribution in [2.45, 2.75) is 39.7 Å². The lowest BCUT2D eigenvalue weighted by molar-refractivity contribution is 0.275. The molecule has 0 bridgehead atoms. The maximum absolute atomic E-state index is 9.23. The van der Waals surface area contributed by atoms with Crippen molar-refractivity contribution < 1.29 is 9.84 Å². The molecule has 0 aliphatic rings. The van der Waals surface area contributed by atoms with E-state index in [0.29, 0.717) is 16.6 Å². The number of hydrogen-bond acceptors (Lipinski definition) is 3. The molecule has 0 amide bonds. The summed E-state index contributed by atoms with van der Waals surface area (Å²) in [6, 6.07) is 9.46. The van der Waals surface area contributed by atoms with Crippen LogP contribution in [0.2, 0.25) is 5.02 Å². The molecule has 0 spiro atoms. The van der Waals surface area contributed by atoms with Gasteiger partial charge in [-0.1, -0.05) is 50.1 Å². The van der Waals surface area contributed by atoms with E-state index in [-0.39, 0.29) is 12.0 Å². The van der Waals surface area contributed by atoms with Gasteiger partial charge in [0.2, 0.25) is 5.88 Å². The maximum Gasteiger partial charge on any atom is 0.219 e. The third-order valence-electron chi connectivity index (χ3n) is 3.20. The second kappa shape index (κ2) is 6.04. The average molecular weight is 306 g/mol. The molecule has 0 atom stereocenters. The van der Waals surface area contributed by atoms with Gasteiger partial charge < -0.3 is 9.84 Å². The van der Waals surface area contributed by atoms with Gasteiger partial charge in [-0.25, -0.2) is 4.98 Å². The quantitative estimate of drug-likeness (QED) is 0.899. The van der Waals surface area contributed by atoms with Crippen molar-refractivity contribution in [1.82, 2.24) is 4.98 Å². The van der Waals surface area contributed by atoms with Crippen molar-refractivity contribution in [2.75, 3.05) is 0 Å². The first kappa shape index (κ1) is 15.8. The van der Waals surface area contributed by atoms with Crippen LogP contribution >= 0.6 is 11.6 Å². The molecule has 2 rings (SSSR count). The Bertz CT molecular complexity index is 648. The number of nitrogens with zero attached hydrogens (tertiary/aromatic N) is 1. The molecule has 1 heterocycles. The van der Waals surface area contributed by atoms with E-state index in [0.717, 1.165) is 11.3 Å². The largest absolute Gasteiger partial charge is 0.439 e. The van der Waals surface area contributed by atoms with Crippen LogP contribution in [0, 0.1) is 6.92 Å². The van der Waals surface area contributed by atoms with Crippen LogP contribution in [-0.4, -0.2) is 10.1 Å². The van der Waals surface area contributed by atoms with Gasteiger partial charge in [-0.05, 0) is 24.5 Å². The smallest absolute Gasteiger partial charge is 0.219 e. The lowest BCUT2D eigenvalue weighted by atomic mass is 9.85. The van der Waals surface area contributed by atoms with E-state index in [4.69, 9.17) is 16.3 Å². The molecule has 1 N–H and O–H groups in total. The first-order valence-electron chi connectivity index (χ1n) is 6.86. The molecule has 0 saturated carbocycles. The lowest BCUT2D eigenvalue weighted by Gasteiger charge is -2.23. The lowest BCUT2D eigenvalue weighted by Crippen LogP contribution is -2.13. The number of hydrogen-bond donors (Lipinski definition) is 1. The van der Waals surface area contributed by atoms with Crippen molar-refractivity contribution in [1.29, 1.82) is 0 Å². The molecule has 2 aromatic rings. The minimum Gasteiger partial charge on any atom is -0.439 e. The van der Waals surface area contributed by atoms with E-state index in [1.165, 1.54) is 5.56 Å². The molecule has 0 saturated heterocycles. The molecule has 112 valence electrons. The molecule has 0 aliphatic heterocycles. The molecule has 21 heavy (non-hydrogen) atoms. The first-order valence-corrected chi connectivity index (χ1v) is 7.24. The molecule has 0 unspecified atom stereocenters. The number of ether oxygens (including phenoxy) is 1. The molecule has 4 heteroatoms. The highest BCUT2D eigenvalue weighted by Crippen LogP contribution is 2.34. The number of benzene rings is 1. The van der Waals surface area contributed by atoms with Crippen LogP contribution in [0.15, 0.2) is 30.3 Å². The Labute approximate surface area is 130 Å². The van der Waals surface area contributed by atoms with E-state index in [1.54, 1.807) is 12.1 Å². The molecular weight excluding hydrogens is 286 g/mol. The van der Waals surface area contributed by atoms with Gasteiger partial charge in [-0.3, -0.25) is 0 Å². The first-order chi connectivity index (χ1) is 9.81. The highest BCUT2D eigenvalue weighted by molar-refractivity contribution is 6.31. The van der Waals surface area contributed by atoms with Gasteiger partial charge in [0.1, 0.15) is 5.75 Å². The summed E-state index contributed by atoms with van der Waals surface area (Å²) in [5.41, 5.74) is 2.68. The Balaban J connectivity index is 2.40. The predicted molar refractivity (Wildman–Crippen MR) is 85.1 cm³/mol. The summed E-state index contributed by atoms with van der Waals surface area (Å²) >= 11 is 5.95. The predicted octanol–water partition coefficient (Wildman–Crippen LogP) is 4.63. The second-order valence-electron chi connectivity index (χ2n) is 6.09. The summed E-state index contributed by atoms with van der Waals surface area (Å²) in [5, 5.41) is 9.66. The Hall–Kier alpha value is -1.58. The standard InChI is InChI=1S/C17H20ClNO2/c1-11-5-7-15(12(9-11)17(2,3)4)21-16-8-6-13(18)14(10-20)19-16/h5-9,20H,10H2,1-4H3. The van der Waals surface area contributed by atoms with Crippen molar-refractivity contribution in [3.63, 3.8) is 0 Å². The number of halogens is 1. The molecule has 1 aromatic carbocycles. The van der Waals surface area contributed by atoms with Crippen LogP contribution in [0.5, 0.6) is 11.6 Å². The van der Waals surface area contributed by atoms with Crippen molar-refractivity contribution in [3.8, 4) is 11.6 Å². The van der Waals surface area contributed by atoms with E-state index < -0.39 is 0 Å². The third kappa shape index (κ3) is 3.74. The minimum absolute atomic E-state index is 0.0341. The van der Waals surface area contributed by atoms with E-state index in [9.17, 15) is 5.11 Å². The Morgan fingerprint density at radius 3 is 2.52 bits per heavy atom. The number of aryl methyl sites for hydroxylation is 1. The van der Waals surface area contributed by atoms with Crippen LogP contribution in [0.25, 0.3) is 0 Å². The zero-order chi connectivity index (χ0) is 15.6. The van der Waals surface area contributed by atoms with E-state index >= 15 is 0 Å². The summed E-state index contributed by atoms with van der Waals surface area (Å²) in [5.74, 6) is 1.20. The summed E-state index contributed by atoms with van der Waals surface area (Å²) in [6.07, 6.45) is 0. The fourth-order valence-electron chi connectivity index (χ4n) is 2.06. The summed E-state index contributed by atoms with van der Waals surface area (Å²) in [4.78, 5) is 4.23. The number of rotatable bonds is 3. The molecule has 0 aliphatic carbocycles. The minimum atomic E-state index is -0.212. The zero-order valence-electron chi connectivity index (χ0n) is 12.8. The van der Waals surface area contributed by atoms with Crippen molar-refractivity contribution in [2.24, 2.45) is 0 Å². The van der Waals surface area contributed by atoms with Gasteiger partial charge in [0.25, 0.3) is 0 Å². The third-order valence-corrected chi connectivity index (χ3v) is 3.54.